The van der Waals surface area contributed by atoms with Crippen LogP contribution in [0, 0.1) is 0 Å². The molecule has 146 valence electrons. The number of hydrogen-bond donors (Lipinski definition) is 0. The zero-order valence-electron chi connectivity index (χ0n) is 15.3. The van der Waals surface area contributed by atoms with Gasteiger partial charge < -0.3 is 9.64 Å². The number of hydrogen-bond acceptors (Lipinski definition) is 6. The van der Waals surface area contributed by atoms with Gasteiger partial charge >= 0.3 is 0 Å². The van der Waals surface area contributed by atoms with Gasteiger partial charge in [-0.05, 0) is 50.3 Å². The smallest absolute Gasteiger partial charge is 0.186 e. The van der Waals surface area contributed by atoms with Crippen molar-refractivity contribution in [1.82, 2.24) is 4.90 Å². The molecule has 1 heterocycles. The van der Waals surface area contributed by atoms with E-state index < -0.39 is 30.7 Å². The molecule has 0 fully saturated rings. The molecule has 0 amide bonds. The van der Waals surface area contributed by atoms with Gasteiger partial charge in [0, 0.05) is 6.54 Å². The number of rotatable bonds is 7. The molecule has 0 bridgehead atoms. The van der Waals surface area contributed by atoms with Gasteiger partial charge in [-0.15, -0.1) is 0 Å². The predicted molar refractivity (Wildman–Crippen MR) is 104 cm³/mol. The van der Waals surface area contributed by atoms with Crippen LogP contribution in [-0.4, -0.2) is 54.7 Å². The Kier molecular flexibility index (Phi) is 5.60. The van der Waals surface area contributed by atoms with Crippen molar-refractivity contribution >= 4 is 19.7 Å². The number of sulfone groups is 2. The summed E-state index contributed by atoms with van der Waals surface area (Å²) in [6.45, 7) is 1.32. The average molecular weight is 410 g/mol. The highest BCUT2D eigenvalue weighted by Gasteiger charge is 2.43. The SMILES string of the molecule is CN(C)CCCOc1ccc2c(c1)S(=O)(=O)CC2S(=O)(=O)c1ccccc1. The maximum atomic E-state index is 12.9. The fourth-order valence-corrected chi connectivity index (χ4v) is 7.48. The topological polar surface area (TPSA) is 80.8 Å². The van der Waals surface area contributed by atoms with Crippen LogP contribution >= 0.6 is 0 Å². The van der Waals surface area contributed by atoms with Crippen LogP contribution in [-0.2, 0) is 19.7 Å². The van der Waals surface area contributed by atoms with Crippen LogP contribution < -0.4 is 4.74 Å². The lowest BCUT2D eigenvalue weighted by molar-refractivity contribution is 0.281. The lowest BCUT2D eigenvalue weighted by atomic mass is 10.1. The molecule has 1 atom stereocenters. The molecule has 2 aromatic carbocycles. The van der Waals surface area contributed by atoms with Gasteiger partial charge in [0.2, 0.25) is 0 Å². The first-order valence-corrected chi connectivity index (χ1v) is 11.8. The summed E-state index contributed by atoms with van der Waals surface area (Å²) in [5, 5.41) is -1.09. The standard InChI is InChI=1S/C19H23NO5S2/c1-20(2)11-6-12-25-15-9-10-17-18(13-15)26(21,22)14-19(17)27(23,24)16-7-4-3-5-8-16/h3-5,7-10,13,19H,6,11-12,14H2,1-2H3. The van der Waals surface area contributed by atoms with Gasteiger partial charge in [-0.3, -0.25) is 0 Å². The van der Waals surface area contributed by atoms with E-state index in [0.717, 1.165) is 13.0 Å². The quantitative estimate of drug-likeness (QED) is 0.653. The van der Waals surface area contributed by atoms with Crippen molar-refractivity contribution in [2.24, 2.45) is 0 Å². The normalized spacial score (nSPS) is 18.4. The Bertz CT molecular complexity index is 1020. The molecule has 1 aliphatic rings. The summed E-state index contributed by atoms with van der Waals surface area (Å²) in [6.07, 6.45) is 0.807. The molecule has 1 aliphatic heterocycles. The Balaban J connectivity index is 1.88. The molecule has 3 rings (SSSR count). The Morgan fingerprint density at radius 2 is 1.81 bits per heavy atom. The van der Waals surface area contributed by atoms with E-state index in [1.165, 1.54) is 18.2 Å². The summed E-state index contributed by atoms with van der Waals surface area (Å²) in [5.41, 5.74) is 0.319. The monoisotopic (exact) mass is 409 g/mol. The molecule has 0 saturated carbocycles. The lowest BCUT2D eigenvalue weighted by Gasteiger charge is -2.13. The highest BCUT2D eigenvalue weighted by atomic mass is 32.2. The van der Waals surface area contributed by atoms with Crippen molar-refractivity contribution in [2.45, 2.75) is 21.5 Å². The van der Waals surface area contributed by atoms with E-state index in [1.54, 1.807) is 30.3 Å². The molecular formula is C19H23NO5S2. The molecule has 27 heavy (non-hydrogen) atoms. The zero-order chi connectivity index (χ0) is 19.7. The summed E-state index contributed by atoms with van der Waals surface area (Å²) in [7, 11) is -3.54. The van der Waals surface area contributed by atoms with E-state index >= 15 is 0 Å². The second-order valence-electron chi connectivity index (χ2n) is 6.83. The summed E-state index contributed by atoms with van der Waals surface area (Å²) >= 11 is 0. The van der Waals surface area contributed by atoms with Crippen molar-refractivity contribution in [3.8, 4) is 5.75 Å². The Hall–Kier alpha value is -1.90. The van der Waals surface area contributed by atoms with Crippen LogP contribution in [0.3, 0.4) is 0 Å². The number of benzene rings is 2. The van der Waals surface area contributed by atoms with Crippen LogP contribution in [0.1, 0.15) is 17.2 Å². The number of ether oxygens (including phenoxy) is 1. The van der Waals surface area contributed by atoms with E-state index in [0.29, 0.717) is 17.9 Å². The zero-order valence-corrected chi connectivity index (χ0v) is 17.0. The first-order chi connectivity index (χ1) is 12.7. The van der Waals surface area contributed by atoms with E-state index in [-0.39, 0.29) is 9.79 Å². The Labute approximate surface area is 160 Å². The highest BCUT2D eigenvalue weighted by molar-refractivity contribution is 7.96. The minimum atomic E-state index is -3.79. The van der Waals surface area contributed by atoms with Crippen molar-refractivity contribution in [1.29, 1.82) is 0 Å². The molecule has 0 saturated heterocycles. The highest BCUT2D eigenvalue weighted by Crippen LogP contribution is 2.42. The van der Waals surface area contributed by atoms with Gasteiger partial charge in [0.1, 0.15) is 11.0 Å². The maximum Gasteiger partial charge on any atom is 0.186 e. The molecule has 2 aromatic rings. The second kappa shape index (κ2) is 7.61. The molecule has 0 spiro atoms. The van der Waals surface area contributed by atoms with Crippen LogP contribution in [0.2, 0.25) is 0 Å². The van der Waals surface area contributed by atoms with Gasteiger partial charge in [0.05, 0.1) is 22.2 Å². The first kappa shape index (κ1) is 19.9. The van der Waals surface area contributed by atoms with Crippen LogP contribution in [0.5, 0.6) is 5.75 Å². The van der Waals surface area contributed by atoms with Gasteiger partial charge in [0.25, 0.3) is 0 Å². The van der Waals surface area contributed by atoms with Crippen LogP contribution in [0.15, 0.2) is 58.3 Å². The third kappa shape index (κ3) is 4.17. The van der Waals surface area contributed by atoms with E-state index in [9.17, 15) is 16.8 Å². The van der Waals surface area contributed by atoms with E-state index in [2.05, 4.69) is 0 Å². The van der Waals surface area contributed by atoms with Crippen LogP contribution in [0.4, 0.5) is 0 Å². The first-order valence-electron chi connectivity index (χ1n) is 8.65. The molecule has 0 aromatic heterocycles. The number of nitrogens with zero attached hydrogens (tertiary/aromatic N) is 1. The fraction of sp³-hybridized carbons (Fsp3) is 0.368. The fourth-order valence-electron chi connectivity index (χ4n) is 3.12. The number of fused-ring (bicyclic) bond motifs is 1. The second-order valence-corrected chi connectivity index (χ2v) is 11.0. The largest absolute Gasteiger partial charge is 0.494 e. The molecule has 8 heteroatoms. The minimum absolute atomic E-state index is 0.0529. The van der Waals surface area contributed by atoms with Crippen molar-refractivity contribution < 1.29 is 21.6 Å². The van der Waals surface area contributed by atoms with Crippen molar-refractivity contribution in [3.05, 3.63) is 54.1 Å². The summed E-state index contributed by atoms with van der Waals surface area (Å²) in [6, 6.07) is 12.6. The third-order valence-corrected chi connectivity index (χ3v) is 8.61. The van der Waals surface area contributed by atoms with E-state index in [1.807, 2.05) is 19.0 Å². The molecule has 0 radical (unpaired) electrons. The van der Waals surface area contributed by atoms with Crippen molar-refractivity contribution in [2.75, 3.05) is 33.0 Å². The van der Waals surface area contributed by atoms with Gasteiger partial charge in [-0.25, -0.2) is 16.8 Å². The van der Waals surface area contributed by atoms with Gasteiger partial charge in [-0.2, -0.15) is 0 Å². The maximum absolute atomic E-state index is 12.9. The lowest BCUT2D eigenvalue weighted by Crippen LogP contribution is -2.15. The van der Waals surface area contributed by atoms with Gasteiger partial charge in [0.15, 0.2) is 19.7 Å². The summed E-state index contributed by atoms with van der Waals surface area (Å²) < 4.78 is 56.7. The van der Waals surface area contributed by atoms with Gasteiger partial charge in [-0.1, -0.05) is 24.3 Å². The molecule has 1 unspecified atom stereocenters. The molecular weight excluding hydrogens is 386 g/mol. The van der Waals surface area contributed by atoms with Crippen molar-refractivity contribution in [3.63, 3.8) is 0 Å². The minimum Gasteiger partial charge on any atom is -0.494 e. The Morgan fingerprint density at radius 3 is 2.48 bits per heavy atom. The molecule has 0 N–H and O–H groups in total. The average Bonchev–Trinajstić information content (AvgIpc) is 2.91. The summed E-state index contributed by atoms with van der Waals surface area (Å²) in [4.78, 5) is 2.22. The van der Waals surface area contributed by atoms with E-state index in [4.69, 9.17) is 4.74 Å². The summed E-state index contributed by atoms with van der Waals surface area (Å²) in [5.74, 6) is -0.00209. The predicted octanol–water partition coefficient (Wildman–Crippen LogP) is 2.32. The van der Waals surface area contributed by atoms with Crippen LogP contribution in [0.25, 0.3) is 0 Å². The molecule has 0 aliphatic carbocycles. The third-order valence-electron chi connectivity index (χ3n) is 4.50. The molecule has 6 nitrogen and oxygen atoms in total. The Morgan fingerprint density at radius 1 is 1.11 bits per heavy atom.